The third-order valence-corrected chi connectivity index (χ3v) is 4.79. The Morgan fingerprint density at radius 2 is 2.21 bits per heavy atom. The van der Waals surface area contributed by atoms with Crippen LogP contribution in [0.2, 0.25) is 0 Å². The highest BCUT2D eigenvalue weighted by Crippen LogP contribution is 2.44. The Bertz CT molecular complexity index is 693. The second-order valence-corrected chi connectivity index (χ2v) is 6.20. The highest BCUT2D eigenvalue weighted by molar-refractivity contribution is 5.81. The first kappa shape index (κ1) is 16.6. The van der Waals surface area contributed by atoms with E-state index in [1.165, 1.54) is 6.07 Å². The molecule has 130 valence electrons. The molecule has 0 radical (unpaired) electrons. The standard InChI is InChI=1S/C16H19F2N3O3/c1-20-10-2-3-11(20)7-9(6-10)12-4-5-13(19)15(21(22)23)16(12)24-8-14(17)18/h4-6,10-11,14H,2-3,7-8,19H2,1H3. The van der Waals surface area contributed by atoms with Gasteiger partial charge in [-0.05, 0) is 44.0 Å². The van der Waals surface area contributed by atoms with Crippen LogP contribution < -0.4 is 10.5 Å². The number of rotatable bonds is 5. The van der Waals surface area contributed by atoms with Gasteiger partial charge in [0, 0.05) is 17.6 Å². The van der Waals surface area contributed by atoms with Crippen molar-refractivity contribution in [2.75, 3.05) is 19.4 Å². The van der Waals surface area contributed by atoms with Crippen molar-refractivity contribution in [3.05, 3.63) is 33.9 Å². The second-order valence-electron chi connectivity index (χ2n) is 6.20. The summed E-state index contributed by atoms with van der Waals surface area (Å²) in [7, 11) is 2.05. The maximum absolute atomic E-state index is 12.6. The van der Waals surface area contributed by atoms with E-state index in [-0.39, 0.29) is 17.5 Å². The molecule has 6 nitrogen and oxygen atoms in total. The van der Waals surface area contributed by atoms with Gasteiger partial charge in [-0.1, -0.05) is 6.08 Å². The fraction of sp³-hybridized carbons (Fsp3) is 0.500. The van der Waals surface area contributed by atoms with Gasteiger partial charge in [0.05, 0.1) is 4.92 Å². The number of benzene rings is 1. The molecule has 3 rings (SSSR count). The summed E-state index contributed by atoms with van der Waals surface area (Å²) in [5, 5.41) is 11.3. The monoisotopic (exact) mass is 339 g/mol. The molecule has 2 heterocycles. The van der Waals surface area contributed by atoms with Gasteiger partial charge in [0.25, 0.3) is 6.43 Å². The molecule has 0 spiro atoms. The summed E-state index contributed by atoms with van der Waals surface area (Å²) in [5.74, 6) is -0.157. The van der Waals surface area contributed by atoms with Crippen molar-refractivity contribution in [2.24, 2.45) is 0 Å². The summed E-state index contributed by atoms with van der Waals surface area (Å²) in [6, 6.07) is 3.68. The molecule has 1 aromatic rings. The first-order valence-corrected chi connectivity index (χ1v) is 7.79. The Hall–Kier alpha value is -2.22. The van der Waals surface area contributed by atoms with Gasteiger partial charge in [-0.15, -0.1) is 0 Å². The van der Waals surface area contributed by atoms with Crippen molar-refractivity contribution < 1.29 is 18.4 Å². The quantitative estimate of drug-likeness (QED) is 0.506. The smallest absolute Gasteiger partial charge is 0.334 e. The largest absolute Gasteiger partial charge is 0.480 e. The van der Waals surface area contributed by atoms with Gasteiger partial charge in [0.2, 0.25) is 5.75 Å². The maximum atomic E-state index is 12.6. The van der Waals surface area contributed by atoms with Crippen molar-refractivity contribution in [3.8, 4) is 5.75 Å². The van der Waals surface area contributed by atoms with Crippen LogP contribution in [-0.4, -0.2) is 42.0 Å². The molecule has 2 aliphatic rings. The van der Waals surface area contributed by atoms with Crippen LogP contribution in [0.25, 0.3) is 5.57 Å². The Balaban J connectivity index is 2.05. The normalized spacial score (nSPS) is 23.4. The summed E-state index contributed by atoms with van der Waals surface area (Å²) in [6.07, 6.45) is 2.11. The average Bonchev–Trinajstić information content (AvgIpc) is 2.73. The van der Waals surface area contributed by atoms with E-state index in [4.69, 9.17) is 10.5 Å². The molecule has 2 bridgehead atoms. The second kappa shape index (κ2) is 6.35. The van der Waals surface area contributed by atoms with E-state index in [1.54, 1.807) is 6.07 Å². The average molecular weight is 339 g/mol. The zero-order chi connectivity index (χ0) is 17.4. The van der Waals surface area contributed by atoms with Crippen LogP contribution in [0.4, 0.5) is 20.2 Å². The minimum atomic E-state index is -2.72. The fourth-order valence-electron chi connectivity index (χ4n) is 3.56. The minimum absolute atomic E-state index is 0.0930. The molecule has 2 N–H and O–H groups in total. The number of fused-ring (bicyclic) bond motifs is 2. The summed E-state index contributed by atoms with van der Waals surface area (Å²) in [4.78, 5) is 12.9. The van der Waals surface area contributed by atoms with Gasteiger partial charge in [-0.2, -0.15) is 0 Å². The molecule has 24 heavy (non-hydrogen) atoms. The number of alkyl halides is 2. The molecular weight excluding hydrogens is 320 g/mol. The van der Waals surface area contributed by atoms with E-state index in [2.05, 4.69) is 11.9 Å². The number of halogens is 2. The minimum Gasteiger partial charge on any atom is -0.480 e. The number of ether oxygens (including phenoxy) is 1. The molecule has 1 fully saturated rings. The molecule has 2 atom stereocenters. The first-order valence-electron chi connectivity index (χ1n) is 7.79. The maximum Gasteiger partial charge on any atom is 0.334 e. The van der Waals surface area contributed by atoms with E-state index in [1.807, 2.05) is 6.08 Å². The molecule has 0 saturated carbocycles. The lowest BCUT2D eigenvalue weighted by atomic mass is 9.93. The summed E-state index contributed by atoms with van der Waals surface area (Å²) in [6.45, 7) is -0.905. The lowest BCUT2D eigenvalue weighted by Gasteiger charge is -2.31. The lowest BCUT2D eigenvalue weighted by molar-refractivity contribution is -0.385. The lowest BCUT2D eigenvalue weighted by Crippen LogP contribution is -2.34. The van der Waals surface area contributed by atoms with E-state index in [9.17, 15) is 18.9 Å². The molecule has 0 aromatic heterocycles. The SMILES string of the molecule is CN1C2C=C(c3ccc(N)c([N+](=O)[O-])c3OCC(F)F)CC1CC2. The van der Waals surface area contributed by atoms with Gasteiger partial charge in [0.1, 0.15) is 12.3 Å². The van der Waals surface area contributed by atoms with Gasteiger partial charge >= 0.3 is 5.69 Å². The van der Waals surface area contributed by atoms with E-state index in [0.717, 1.165) is 18.4 Å². The first-order chi connectivity index (χ1) is 11.4. The van der Waals surface area contributed by atoms with Crippen LogP contribution in [-0.2, 0) is 0 Å². The van der Waals surface area contributed by atoms with Crippen LogP contribution >= 0.6 is 0 Å². The van der Waals surface area contributed by atoms with Gasteiger partial charge in [-0.25, -0.2) is 8.78 Å². The summed E-state index contributed by atoms with van der Waals surface area (Å²) < 4.78 is 30.2. The number of nitrogens with two attached hydrogens (primary N) is 1. The summed E-state index contributed by atoms with van der Waals surface area (Å²) >= 11 is 0. The number of nitro groups is 1. The van der Waals surface area contributed by atoms with Crippen LogP contribution in [0.1, 0.15) is 24.8 Å². The van der Waals surface area contributed by atoms with Gasteiger partial charge < -0.3 is 10.5 Å². The molecule has 1 saturated heterocycles. The number of anilines is 1. The van der Waals surface area contributed by atoms with Crippen molar-refractivity contribution in [1.29, 1.82) is 0 Å². The van der Waals surface area contributed by atoms with Crippen LogP contribution in [0.5, 0.6) is 5.75 Å². The highest BCUT2D eigenvalue weighted by Gasteiger charge is 2.36. The molecule has 0 amide bonds. The zero-order valence-electron chi connectivity index (χ0n) is 13.2. The third kappa shape index (κ3) is 2.93. The number of nitro benzene ring substituents is 1. The van der Waals surface area contributed by atoms with Crippen LogP contribution in [0.15, 0.2) is 18.2 Å². The number of hydrogen-bond donors (Lipinski definition) is 1. The zero-order valence-corrected chi connectivity index (χ0v) is 13.2. The van der Waals surface area contributed by atoms with Gasteiger partial charge in [0.15, 0.2) is 0 Å². The molecule has 0 aliphatic carbocycles. The van der Waals surface area contributed by atoms with Crippen molar-refractivity contribution in [3.63, 3.8) is 0 Å². The predicted molar refractivity (Wildman–Crippen MR) is 86.2 cm³/mol. The molecule has 1 aromatic carbocycles. The van der Waals surface area contributed by atoms with Crippen molar-refractivity contribution >= 4 is 16.9 Å². The molecule has 2 aliphatic heterocycles. The summed E-state index contributed by atoms with van der Waals surface area (Å²) in [5.41, 5.74) is 6.53. The Labute approximate surface area is 138 Å². The van der Waals surface area contributed by atoms with Crippen LogP contribution in [0, 0.1) is 10.1 Å². The topological polar surface area (TPSA) is 81.6 Å². The Morgan fingerprint density at radius 1 is 1.46 bits per heavy atom. The number of nitrogens with zero attached hydrogens (tertiary/aromatic N) is 2. The van der Waals surface area contributed by atoms with E-state index >= 15 is 0 Å². The van der Waals surface area contributed by atoms with E-state index in [0.29, 0.717) is 18.0 Å². The highest BCUT2D eigenvalue weighted by atomic mass is 19.3. The fourth-order valence-corrected chi connectivity index (χ4v) is 3.56. The molecule has 2 unspecified atom stereocenters. The van der Waals surface area contributed by atoms with Crippen molar-refractivity contribution in [1.82, 2.24) is 4.90 Å². The molecule has 8 heteroatoms. The predicted octanol–water partition coefficient (Wildman–Crippen LogP) is 3.07. The number of likely N-dealkylation sites (N-methyl/N-ethyl adjacent to an activating group) is 1. The Kier molecular flexibility index (Phi) is 4.40. The Morgan fingerprint density at radius 3 is 2.83 bits per heavy atom. The van der Waals surface area contributed by atoms with Crippen molar-refractivity contribution in [2.45, 2.75) is 37.8 Å². The van der Waals surface area contributed by atoms with Gasteiger partial charge in [-0.3, -0.25) is 15.0 Å². The van der Waals surface area contributed by atoms with Crippen LogP contribution in [0.3, 0.4) is 0 Å². The molecular formula is C16H19F2N3O3. The number of nitrogen functional groups attached to an aromatic ring is 1. The van der Waals surface area contributed by atoms with E-state index < -0.39 is 23.6 Å². The third-order valence-electron chi connectivity index (χ3n) is 4.79. The number of hydrogen-bond acceptors (Lipinski definition) is 5.